The number of nitrogens with zero attached hydrogens (tertiary/aromatic N) is 1. The molecule has 0 aliphatic carbocycles. The van der Waals surface area contributed by atoms with Crippen LogP contribution in [0.2, 0.25) is 0 Å². The van der Waals surface area contributed by atoms with Gasteiger partial charge in [0.2, 0.25) is 5.91 Å². The summed E-state index contributed by atoms with van der Waals surface area (Å²) in [7, 11) is 1.61. The summed E-state index contributed by atoms with van der Waals surface area (Å²) in [5, 5.41) is 2.84. The predicted octanol–water partition coefficient (Wildman–Crippen LogP) is 2.34. The van der Waals surface area contributed by atoms with Gasteiger partial charge in [-0.1, -0.05) is 13.8 Å². The third-order valence-electron chi connectivity index (χ3n) is 4.50. The maximum Gasteiger partial charge on any atom is 0.472 e. The molecule has 0 saturated carbocycles. The Morgan fingerprint density at radius 1 is 1.10 bits per heavy atom. The Hall–Kier alpha value is -0.990. The van der Waals surface area contributed by atoms with E-state index in [1.807, 2.05) is 41.9 Å². The molecule has 0 aliphatic rings. The zero-order valence-corrected chi connectivity index (χ0v) is 20.1. The Balaban J connectivity index is 4.47. The molecule has 3 unspecified atom stereocenters. The van der Waals surface area contributed by atoms with E-state index in [1.165, 1.54) is 0 Å². The number of rotatable bonds is 14. The number of nitrogens with one attached hydrogen (secondary N) is 1. The molecule has 0 radical (unpaired) electrons. The Bertz CT molecular complexity index is 577. The van der Waals surface area contributed by atoms with Crippen LogP contribution in [-0.2, 0) is 27.9 Å². The highest BCUT2D eigenvalue weighted by molar-refractivity contribution is 7.47. The summed E-state index contributed by atoms with van der Waals surface area (Å²) >= 11 is 0. The van der Waals surface area contributed by atoms with Gasteiger partial charge in [0.05, 0.1) is 33.2 Å². The summed E-state index contributed by atoms with van der Waals surface area (Å²) in [5.74, 6) is -0.923. The zero-order valence-electron chi connectivity index (χ0n) is 19.2. The molecule has 0 saturated heterocycles. The van der Waals surface area contributed by atoms with Crippen molar-refractivity contribution in [2.45, 2.75) is 53.5 Å². The van der Waals surface area contributed by atoms with Crippen LogP contribution in [0.1, 0.15) is 47.5 Å². The first-order chi connectivity index (χ1) is 13.1. The van der Waals surface area contributed by atoms with Crippen LogP contribution in [0.25, 0.3) is 0 Å². The minimum atomic E-state index is -4.19. The van der Waals surface area contributed by atoms with E-state index in [-0.39, 0.29) is 37.7 Å². The van der Waals surface area contributed by atoms with Crippen LogP contribution in [0.15, 0.2) is 0 Å². The molecule has 0 aromatic carbocycles. The molecule has 1 amide bonds. The predicted molar refractivity (Wildman–Crippen MR) is 111 cm³/mol. The molecular formula is C19H40N2O7P+. The van der Waals surface area contributed by atoms with E-state index in [0.29, 0.717) is 23.9 Å². The minimum absolute atomic E-state index is 0.0284. The summed E-state index contributed by atoms with van der Waals surface area (Å²) in [5.41, 5.74) is -0.836. The SMILES string of the molecule is CCC(C)(CC(C)C(=O)NC(C)C)C(=O)OCCOP(=O)(O)OCC[N+](C)(C)C. The third kappa shape index (κ3) is 12.3. The molecule has 2 N–H and O–H groups in total. The Morgan fingerprint density at radius 2 is 1.66 bits per heavy atom. The van der Waals surface area contributed by atoms with Crippen LogP contribution in [-0.4, -0.2) is 74.8 Å². The molecule has 0 aromatic rings. The number of quaternary nitrogens is 1. The quantitative estimate of drug-likeness (QED) is 0.185. The van der Waals surface area contributed by atoms with E-state index < -0.39 is 19.2 Å². The van der Waals surface area contributed by atoms with Gasteiger partial charge in [-0.25, -0.2) is 4.57 Å². The van der Waals surface area contributed by atoms with Crippen LogP contribution in [0.4, 0.5) is 0 Å². The molecular weight excluding hydrogens is 399 g/mol. The molecule has 29 heavy (non-hydrogen) atoms. The Kier molecular flexibility index (Phi) is 11.6. The van der Waals surface area contributed by atoms with Gasteiger partial charge in [-0.3, -0.25) is 18.6 Å². The number of carbonyl (C=O) groups excluding carboxylic acids is 2. The summed E-state index contributed by atoms with van der Waals surface area (Å²) in [6.45, 7) is 9.32. The standard InChI is InChI=1S/C19H39N2O7P/c1-9-19(5,14-16(4)17(22)20-15(2)3)18(23)26-12-13-28-29(24,25)27-11-10-21(6,7)8/h15-16H,9-14H2,1-8H3,(H-,20,22,24,25)/p+1. The average Bonchev–Trinajstić information content (AvgIpc) is 2.56. The molecule has 10 heteroatoms. The van der Waals surface area contributed by atoms with Gasteiger partial charge in [0, 0.05) is 12.0 Å². The fraction of sp³-hybridized carbons (Fsp3) is 0.895. The second-order valence-corrected chi connectivity index (χ2v) is 10.4. The van der Waals surface area contributed by atoms with E-state index in [4.69, 9.17) is 13.8 Å². The van der Waals surface area contributed by atoms with Gasteiger partial charge in [0.15, 0.2) is 0 Å². The van der Waals surface area contributed by atoms with Crippen LogP contribution in [0, 0.1) is 11.3 Å². The maximum atomic E-state index is 12.5. The van der Waals surface area contributed by atoms with Gasteiger partial charge in [-0.05, 0) is 33.6 Å². The molecule has 0 fully saturated rings. The number of carbonyl (C=O) groups is 2. The number of hydrogen-bond donors (Lipinski definition) is 2. The van der Waals surface area contributed by atoms with Crippen LogP contribution < -0.4 is 5.32 Å². The highest BCUT2D eigenvalue weighted by atomic mass is 31.2. The average molecular weight is 440 g/mol. The fourth-order valence-electron chi connectivity index (χ4n) is 2.50. The van der Waals surface area contributed by atoms with Crippen LogP contribution >= 0.6 is 7.82 Å². The largest absolute Gasteiger partial charge is 0.472 e. The van der Waals surface area contributed by atoms with Crippen molar-refractivity contribution in [1.82, 2.24) is 5.32 Å². The summed E-state index contributed by atoms with van der Waals surface area (Å²) < 4.78 is 27.4. The second kappa shape index (κ2) is 12.0. The molecule has 0 aromatic heterocycles. The van der Waals surface area contributed by atoms with Gasteiger partial charge in [-0.15, -0.1) is 0 Å². The molecule has 0 rings (SSSR count). The van der Waals surface area contributed by atoms with Crippen molar-refractivity contribution in [3.63, 3.8) is 0 Å². The van der Waals surface area contributed by atoms with Crippen molar-refractivity contribution in [2.24, 2.45) is 11.3 Å². The van der Waals surface area contributed by atoms with Crippen molar-refractivity contribution in [3.8, 4) is 0 Å². The van der Waals surface area contributed by atoms with Crippen LogP contribution in [0.5, 0.6) is 0 Å². The molecule has 3 atom stereocenters. The van der Waals surface area contributed by atoms with Crippen molar-refractivity contribution < 1.29 is 37.3 Å². The lowest BCUT2D eigenvalue weighted by molar-refractivity contribution is -0.870. The molecule has 0 heterocycles. The molecule has 0 spiro atoms. The Morgan fingerprint density at radius 3 is 2.14 bits per heavy atom. The van der Waals surface area contributed by atoms with Gasteiger partial charge >= 0.3 is 13.8 Å². The maximum absolute atomic E-state index is 12.5. The number of likely N-dealkylation sites (N-methyl/N-ethyl adjacent to an activating group) is 1. The molecule has 0 aliphatic heterocycles. The topological polar surface area (TPSA) is 111 Å². The smallest absolute Gasteiger partial charge is 0.463 e. The molecule has 9 nitrogen and oxygen atoms in total. The molecule has 172 valence electrons. The van der Waals surface area contributed by atoms with Crippen molar-refractivity contribution >= 4 is 19.7 Å². The van der Waals surface area contributed by atoms with Crippen molar-refractivity contribution in [1.29, 1.82) is 0 Å². The number of phosphoric acid groups is 1. The van der Waals surface area contributed by atoms with E-state index in [0.717, 1.165) is 0 Å². The monoisotopic (exact) mass is 439 g/mol. The normalized spacial score (nSPS) is 17.3. The van der Waals surface area contributed by atoms with Gasteiger partial charge < -0.3 is 19.4 Å². The number of ether oxygens (including phenoxy) is 1. The van der Waals surface area contributed by atoms with E-state index in [2.05, 4.69) is 5.32 Å². The number of hydrogen-bond acceptors (Lipinski definition) is 6. The minimum Gasteiger partial charge on any atom is -0.463 e. The van der Waals surface area contributed by atoms with Crippen LogP contribution in [0.3, 0.4) is 0 Å². The first-order valence-electron chi connectivity index (χ1n) is 10.0. The van der Waals surface area contributed by atoms with Gasteiger partial charge in [0.25, 0.3) is 0 Å². The number of esters is 1. The van der Waals surface area contributed by atoms with Crippen molar-refractivity contribution in [3.05, 3.63) is 0 Å². The van der Waals surface area contributed by atoms with E-state index >= 15 is 0 Å². The fourth-order valence-corrected chi connectivity index (χ4v) is 3.19. The first kappa shape index (κ1) is 28.0. The third-order valence-corrected chi connectivity index (χ3v) is 5.51. The van der Waals surface area contributed by atoms with Gasteiger partial charge in [0.1, 0.15) is 19.8 Å². The Labute approximate surface area is 175 Å². The summed E-state index contributed by atoms with van der Waals surface area (Å²) in [6.07, 6.45) is 0.840. The van der Waals surface area contributed by atoms with E-state index in [9.17, 15) is 19.0 Å². The first-order valence-corrected chi connectivity index (χ1v) is 11.5. The lowest BCUT2D eigenvalue weighted by atomic mass is 9.79. The number of amides is 1. The van der Waals surface area contributed by atoms with Gasteiger partial charge in [-0.2, -0.15) is 0 Å². The lowest BCUT2D eigenvalue weighted by Crippen LogP contribution is -2.39. The van der Waals surface area contributed by atoms with Crippen molar-refractivity contribution in [2.75, 3.05) is 47.5 Å². The highest BCUT2D eigenvalue weighted by Crippen LogP contribution is 2.42. The van der Waals surface area contributed by atoms with E-state index in [1.54, 1.807) is 13.8 Å². The molecule has 0 bridgehead atoms. The lowest BCUT2D eigenvalue weighted by Gasteiger charge is -2.29. The summed E-state index contributed by atoms with van der Waals surface area (Å²) in [6, 6.07) is 0.0284. The summed E-state index contributed by atoms with van der Waals surface area (Å²) in [4.78, 5) is 34.3. The number of phosphoric ester groups is 1. The highest BCUT2D eigenvalue weighted by Gasteiger charge is 2.36. The second-order valence-electron chi connectivity index (χ2n) is 8.97. The zero-order chi connectivity index (χ0) is 22.9.